The van der Waals surface area contributed by atoms with E-state index in [9.17, 15) is 24.6 Å². The molecule has 5 nitrogen and oxygen atoms in total. The molecule has 0 amide bonds. The van der Waals surface area contributed by atoms with Gasteiger partial charge in [-0.15, -0.1) is 0 Å². The monoisotopic (exact) mass is 294 g/mol. The molecule has 2 aromatic carbocycles. The molecule has 1 aliphatic rings. The van der Waals surface area contributed by atoms with Crippen LogP contribution in [0.1, 0.15) is 31.8 Å². The van der Waals surface area contributed by atoms with Gasteiger partial charge in [-0.05, 0) is 6.07 Å². The molecule has 0 heterocycles. The van der Waals surface area contributed by atoms with Crippen molar-refractivity contribution in [2.24, 2.45) is 0 Å². The standard InChI is InChI=1S/C17H10O5/c18-14-10-6-2-3-7-11(10)15(19)16(20)13(14)9-5-1-4-8-12(9)17(21)22/h1-8,18H,(H,21,22). The zero-order valence-electron chi connectivity index (χ0n) is 11.2. The second kappa shape index (κ2) is 4.96. The summed E-state index contributed by atoms with van der Waals surface area (Å²) in [4.78, 5) is 35.8. The molecule has 0 aromatic heterocycles. The molecule has 1 aliphatic carbocycles. The number of aliphatic hydroxyl groups excluding tert-OH is 1. The molecule has 0 fully saturated rings. The zero-order chi connectivity index (χ0) is 15.9. The highest BCUT2D eigenvalue weighted by atomic mass is 16.4. The summed E-state index contributed by atoms with van der Waals surface area (Å²) in [6, 6.07) is 11.9. The van der Waals surface area contributed by atoms with E-state index in [1.54, 1.807) is 18.2 Å². The molecule has 5 heteroatoms. The summed E-state index contributed by atoms with van der Waals surface area (Å²) >= 11 is 0. The van der Waals surface area contributed by atoms with Crippen LogP contribution in [-0.2, 0) is 4.79 Å². The quantitative estimate of drug-likeness (QED) is 0.830. The molecule has 0 saturated carbocycles. The Kier molecular flexibility index (Phi) is 3.10. The Morgan fingerprint density at radius 3 is 1.95 bits per heavy atom. The number of carbonyl (C=O) groups excluding carboxylic acids is 2. The smallest absolute Gasteiger partial charge is 0.336 e. The van der Waals surface area contributed by atoms with Crippen molar-refractivity contribution in [1.82, 2.24) is 0 Å². The molecule has 0 unspecified atom stereocenters. The molecule has 2 aromatic rings. The predicted octanol–water partition coefficient (Wildman–Crippen LogP) is 2.58. The highest BCUT2D eigenvalue weighted by Crippen LogP contribution is 2.34. The van der Waals surface area contributed by atoms with Gasteiger partial charge >= 0.3 is 5.97 Å². The topological polar surface area (TPSA) is 91.7 Å². The predicted molar refractivity (Wildman–Crippen MR) is 78.6 cm³/mol. The van der Waals surface area contributed by atoms with E-state index in [2.05, 4.69) is 0 Å². The molecule has 108 valence electrons. The minimum absolute atomic E-state index is 0.0281. The number of aromatic carboxylic acids is 1. The number of rotatable bonds is 2. The van der Waals surface area contributed by atoms with Crippen LogP contribution in [0.25, 0.3) is 11.3 Å². The highest BCUT2D eigenvalue weighted by molar-refractivity contribution is 6.62. The number of aliphatic hydroxyl groups is 1. The molecule has 0 radical (unpaired) electrons. The Labute approximate surface area is 125 Å². The van der Waals surface area contributed by atoms with Gasteiger partial charge in [-0.1, -0.05) is 42.5 Å². The van der Waals surface area contributed by atoms with Crippen molar-refractivity contribution in [2.75, 3.05) is 0 Å². The summed E-state index contributed by atoms with van der Waals surface area (Å²) in [7, 11) is 0. The minimum atomic E-state index is -1.24. The van der Waals surface area contributed by atoms with E-state index >= 15 is 0 Å². The maximum atomic E-state index is 12.3. The average molecular weight is 294 g/mol. The Balaban J connectivity index is 2.34. The van der Waals surface area contributed by atoms with Crippen molar-refractivity contribution >= 4 is 28.9 Å². The van der Waals surface area contributed by atoms with Crippen LogP contribution in [-0.4, -0.2) is 27.7 Å². The first-order valence-corrected chi connectivity index (χ1v) is 6.46. The fraction of sp³-hybridized carbons (Fsp3) is 0. The van der Waals surface area contributed by atoms with E-state index in [0.29, 0.717) is 0 Å². The van der Waals surface area contributed by atoms with Crippen LogP contribution in [0.4, 0.5) is 0 Å². The number of ketones is 2. The van der Waals surface area contributed by atoms with Crippen LogP contribution in [0.15, 0.2) is 48.5 Å². The maximum Gasteiger partial charge on any atom is 0.336 e. The summed E-state index contributed by atoms with van der Waals surface area (Å²) in [5.74, 6) is -3.29. The fourth-order valence-corrected chi connectivity index (χ4v) is 2.50. The number of Topliss-reactive ketones (excluding diaryl/α,β-unsaturated/α-hetero) is 2. The lowest BCUT2D eigenvalue weighted by molar-refractivity contribution is -0.110. The molecular weight excluding hydrogens is 284 g/mol. The number of allylic oxidation sites excluding steroid dienone is 1. The summed E-state index contributed by atoms with van der Waals surface area (Å²) in [5.41, 5.74) is -0.0597. The molecule has 0 saturated heterocycles. The molecule has 0 spiro atoms. The van der Waals surface area contributed by atoms with Gasteiger partial charge in [0.25, 0.3) is 0 Å². The second-order valence-electron chi connectivity index (χ2n) is 4.78. The van der Waals surface area contributed by atoms with E-state index < -0.39 is 17.5 Å². The summed E-state index contributed by atoms with van der Waals surface area (Å²) in [5, 5.41) is 19.6. The van der Waals surface area contributed by atoms with Crippen molar-refractivity contribution in [3.8, 4) is 0 Å². The van der Waals surface area contributed by atoms with Crippen LogP contribution >= 0.6 is 0 Å². The molecule has 2 N–H and O–H groups in total. The van der Waals surface area contributed by atoms with Crippen molar-refractivity contribution in [2.45, 2.75) is 0 Å². The van der Waals surface area contributed by atoms with Crippen LogP contribution in [0.5, 0.6) is 0 Å². The van der Waals surface area contributed by atoms with Gasteiger partial charge in [0.1, 0.15) is 5.76 Å². The van der Waals surface area contributed by atoms with Gasteiger partial charge < -0.3 is 10.2 Å². The Morgan fingerprint density at radius 1 is 0.773 bits per heavy atom. The highest BCUT2D eigenvalue weighted by Gasteiger charge is 2.34. The number of carboxylic acid groups (broad SMARTS) is 1. The van der Waals surface area contributed by atoms with Gasteiger partial charge in [-0.2, -0.15) is 0 Å². The average Bonchev–Trinajstić information content (AvgIpc) is 2.53. The van der Waals surface area contributed by atoms with Crippen LogP contribution in [0.2, 0.25) is 0 Å². The molecular formula is C17H10O5. The number of fused-ring (bicyclic) bond motifs is 1. The van der Waals surface area contributed by atoms with Gasteiger partial charge in [0, 0.05) is 16.7 Å². The Bertz CT molecular complexity index is 861. The summed E-state index contributed by atoms with van der Waals surface area (Å²) < 4.78 is 0. The molecule has 3 rings (SSSR count). The van der Waals surface area contributed by atoms with Gasteiger partial charge in [0.15, 0.2) is 0 Å². The number of hydrogen-bond acceptors (Lipinski definition) is 4. The third-order valence-electron chi connectivity index (χ3n) is 3.52. The number of carboxylic acids is 1. The van der Waals surface area contributed by atoms with E-state index in [1.807, 2.05) is 0 Å². The van der Waals surface area contributed by atoms with Crippen molar-refractivity contribution in [3.05, 3.63) is 70.8 Å². The van der Waals surface area contributed by atoms with E-state index in [1.165, 1.54) is 30.3 Å². The lowest BCUT2D eigenvalue weighted by Gasteiger charge is -2.18. The summed E-state index contributed by atoms with van der Waals surface area (Å²) in [6.45, 7) is 0. The second-order valence-corrected chi connectivity index (χ2v) is 4.78. The fourth-order valence-electron chi connectivity index (χ4n) is 2.50. The van der Waals surface area contributed by atoms with E-state index in [-0.39, 0.29) is 33.6 Å². The number of hydrogen-bond donors (Lipinski definition) is 2. The first-order chi connectivity index (χ1) is 10.5. The van der Waals surface area contributed by atoms with Gasteiger partial charge in [0.2, 0.25) is 11.6 Å². The molecule has 0 aliphatic heterocycles. The Morgan fingerprint density at radius 2 is 1.32 bits per heavy atom. The van der Waals surface area contributed by atoms with Crippen LogP contribution in [0, 0.1) is 0 Å². The largest absolute Gasteiger partial charge is 0.506 e. The minimum Gasteiger partial charge on any atom is -0.506 e. The van der Waals surface area contributed by atoms with Crippen molar-refractivity contribution in [3.63, 3.8) is 0 Å². The van der Waals surface area contributed by atoms with Crippen molar-refractivity contribution < 1.29 is 24.6 Å². The van der Waals surface area contributed by atoms with E-state index in [4.69, 9.17) is 0 Å². The normalized spacial score (nSPS) is 14.0. The van der Waals surface area contributed by atoms with Crippen molar-refractivity contribution in [1.29, 1.82) is 0 Å². The van der Waals surface area contributed by atoms with Gasteiger partial charge in [-0.3, -0.25) is 9.59 Å². The summed E-state index contributed by atoms with van der Waals surface area (Å²) in [6.07, 6.45) is 0. The molecule has 22 heavy (non-hydrogen) atoms. The van der Waals surface area contributed by atoms with Crippen LogP contribution < -0.4 is 0 Å². The molecule has 0 atom stereocenters. The molecule has 0 bridgehead atoms. The Hall–Kier alpha value is -3.21. The van der Waals surface area contributed by atoms with Gasteiger partial charge in [-0.25, -0.2) is 4.79 Å². The zero-order valence-corrected chi connectivity index (χ0v) is 11.2. The SMILES string of the molecule is O=C1C(=O)c2ccccc2C(O)=C1c1ccccc1C(=O)O. The third-order valence-corrected chi connectivity index (χ3v) is 3.52. The number of benzene rings is 2. The lowest BCUT2D eigenvalue weighted by atomic mass is 9.84. The maximum absolute atomic E-state index is 12.3. The first-order valence-electron chi connectivity index (χ1n) is 6.46. The lowest BCUT2D eigenvalue weighted by Crippen LogP contribution is -2.24. The first kappa shape index (κ1) is 13.8. The number of carbonyl (C=O) groups is 3. The third kappa shape index (κ3) is 1.91. The van der Waals surface area contributed by atoms with Crippen LogP contribution in [0.3, 0.4) is 0 Å². The van der Waals surface area contributed by atoms with E-state index in [0.717, 1.165) is 0 Å². The van der Waals surface area contributed by atoms with Gasteiger partial charge in [0.05, 0.1) is 11.1 Å².